The van der Waals surface area contributed by atoms with E-state index in [9.17, 15) is 4.79 Å². The number of fused-ring (bicyclic) bond motifs is 1. The fraction of sp³-hybridized carbons (Fsp3) is 0.217. The Morgan fingerprint density at radius 2 is 1.83 bits per heavy atom. The first-order valence-corrected chi connectivity index (χ1v) is 10.5. The minimum Gasteiger partial charge on any atom is -0.497 e. The van der Waals surface area contributed by atoms with Crippen molar-refractivity contribution in [3.63, 3.8) is 0 Å². The second-order valence-corrected chi connectivity index (χ2v) is 8.28. The van der Waals surface area contributed by atoms with Crippen LogP contribution in [-0.4, -0.2) is 36.7 Å². The van der Waals surface area contributed by atoms with Gasteiger partial charge in [-0.3, -0.25) is 9.36 Å². The zero-order valence-electron chi connectivity index (χ0n) is 17.4. The summed E-state index contributed by atoms with van der Waals surface area (Å²) in [7, 11) is 5.57. The smallest absolute Gasteiger partial charge is 0.261 e. The number of aromatic nitrogens is 2. The van der Waals surface area contributed by atoms with Crippen LogP contribution in [0, 0.1) is 0 Å². The second kappa shape index (κ2) is 8.20. The third-order valence-corrected chi connectivity index (χ3v) is 6.03. The van der Waals surface area contributed by atoms with Crippen molar-refractivity contribution < 1.29 is 9.53 Å². The van der Waals surface area contributed by atoms with Crippen LogP contribution >= 0.6 is 11.3 Å². The van der Waals surface area contributed by atoms with Gasteiger partial charge < -0.3 is 15.0 Å². The van der Waals surface area contributed by atoms with Crippen LogP contribution < -0.4 is 15.0 Å². The molecule has 2 aromatic carbocycles. The Morgan fingerprint density at radius 3 is 2.47 bits per heavy atom. The van der Waals surface area contributed by atoms with Gasteiger partial charge in [0.05, 0.1) is 23.7 Å². The molecule has 0 saturated carbocycles. The van der Waals surface area contributed by atoms with Gasteiger partial charge in [0, 0.05) is 14.1 Å². The maximum absolute atomic E-state index is 12.9. The molecular weight excluding hydrogens is 396 g/mol. The Labute approximate surface area is 179 Å². The molecule has 4 aromatic rings. The highest BCUT2D eigenvalue weighted by Crippen LogP contribution is 2.33. The molecule has 0 aliphatic heterocycles. The summed E-state index contributed by atoms with van der Waals surface area (Å²) >= 11 is 1.44. The van der Waals surface area contributed by atoms with E-state index in [1.807, 2.05) is 86.6 Å². The van der Waals surface area contributed by atoms with Crippen LogP contribution in [0.2, 0.25) is 0 Å². The van der Waals surface area contributed by atoms with Gasteiger partial charge in [0.2, 0.25) is 5.95 Å². The van der Waals surface area contributed by atoms with E-state index in [1.165, 1.54) is 11.3 Å². The number of carbonyl (C=O) groups is 1. The molecule has 1 N–H and O–H groups in total. The van der Waals surface area contributed by atoms with Crippen LogP contribution in [-0.2, 0) is 0 Å². The minimum absolute atomic E-state index is 0.0748. The van der Waals surface area contributed by atoms with Gasteiger partial charge in [0.25, 0.3) is 5.91 Å². The number of rotatable bonds is 6. The summed E-state index contributed by atoms with van der Waals surface area (Å²) in [6, 6.07) is 19.5. The van der Waals surface area contributed by atoms with Crippen molar-refractivity contribution in [2.24, 2.45) is 0 Å². The van der Waals surface area contributed by atoms with E-state index < -0.39 is 0 Å². The van der Waals surface area contributed by atoms with E-state index in [0.717, 1.165) is 33.3 Å². The van der Waals surface area contributed by atoms with E-state index in [-0.39, 0.29) is 11.9 Å². The van der Waals surface area contributed by atoms with Crippen molar-refractivity contribution in [2.75, 3.05) is 26.1 Å². The lowest BCUT2D eigenvalue weighted by atomic mass is 10.1. The number of thiophene rings is 1. The lowest BCUT2D eigenvalue weighted by molar-refractivity contribution is 0.0944. The monoisotopic (exact) mass is 420 g/mol. The van der Waals surface area contributed by atoms with E-state index in [2.05, 4.69) is 9.88 Å². The first kappa shape index (κ1) is 20.0. The summed E-state index contributed by atoms with van der Waals surface area (Å²) in [6.07, 6.45) is 0. The Morgan fingerprint density at radius 1 is 1.13 bits per heavy atom. The zero-order valence-corrected chi connectivity index (χ0v) is 18.2. The van der Waals surface area contributed by atoms with Crippen molar-refractivity contribution in [1.82, 2.24) is 14.9 Å². The van der Waals surface area contributed by atoms with Gasteiger partial charge in [-0.1, -0.05) is 30.3 Å². The van der Waals surface area contributed by atoms with Crippen LogP contribution in [0.25, 0.3) is 16.0 Å². The maximum atomic E-state index is 12.9. The van der Waals surface area contributed by atoms with Gasteiger partial charge in [-0.25, -0.2) is 4.98 Å². The van der Waals surface area contributed by atoms with Crippen molar-refractivity contribution in [2.45, 2.75) is 13.0 Å². The van der Waals surface area contributed by atoms with Crippen molar-refractivity contribution >= 4 is 33.5 Å². The van der Waals surface area contributed by atoms with Crippen LogP contribution in [0.15, 0.2) is 60.7 Å². The number of hydrogen-bond donors (Lipinski definition) is 1. The number of carbonyl (C=O) groups excluding carboxylic acids is 1. The number of nitrogens with zero attached hydrogens (tertiary/aromatic N) is 3. The molecule has 1 unspecified atom stereocenters. The number of methoxy groups -OCH3 is 1. The van der Waals surface area contributed by atoms with Crippen LogP contribution in [0.1, 0.15) is 28.2 Å². The standard InChI is InChI=1S/C23H24N4O2S/c1-15(16-8-6-5-7-9-16)24-21(28)20-14-19-22(30-20)27(23(25-19)26(2)3)17-10-12-18(29-4)13-11-17/h5-15H,1-4H3,(H,24,28). The van der Waals surface area contributed by atoms with Gasteiger partial charge >= 0.3 is 0 Å². The Bertz CT molecular complexity index is 1160. The van der Waals surface area contributed by atoms with Gasteiger partial charge in [-0.2, -0.15) is 0 Å². The Balaban J connectivity index is 1.68. The quantitative estimate of drug-likeness (QED) is 0.493. The lowest BCUT2D eigenvalue weighted by Crippen LogP contribution is -2.25. The van der Waals surface area contributed by atoms with Gasteiger partial charge in [-0.05, 0) is 42.8 Å². The number of benzene rings is 2. The average molecular weight is 421 g/mol. The zero-order chi connectivity index (χ0) is 21.3. The van der Waals surface area contributed by atoms with Crippen LogP contribution in [0.3, 0.4) is 0 Å². The van der Waals surface area contributed by atoms with Crippen molar-refractivity contribution in [1.29, 1.82) is 0 Å². The molecule has 0 radical (unpaired) electrons. The fourth-order valence-corrected chi connectivity index (χ4v) is 4.35. The van der Waals surface area contributed by atoms with E-state index in [1.54, 1.807) is 7.11 Å². The number of hydrogen-bond acceptors (Lipinski definition) is 5. The molecule has 30 heavy (non-hydrogen) atoms. The minimum atomic E-state index is -0.0953. The summed E-state index contributed by atoms with van der Waals surface area (Å²) in [5.41, 5.74) is 2.84. The van der Waals surface area contributed by atoms with Crippen molar-refractivity contribution in [3.05, 3.63) is 71.1 Å². The predicted molar refractivity (Wildman–Crippen MR) is 122 cm³/mol. The molecular formula is C23H24N4O2S. The summed E-state index contributed by atoms with van der Waals surface area (Å²) in [6.45, 7) is 1.99. The van der Waals surface area contributed by atoms with Gasteiger partial charge in [-0.15, -0.1) is 11.3 Å². The summed E-state index contributed by atoms with van der Waals surface area (Å²) in [5, 5.41) is 3.08. The van der Waals surface area contributed by atoms with Crippen molar-refractivity contribution in [3.8, 4) is 11.4 Å². The van der Waals surface area contributed by atoms with E-state index in [0.29, 0.717) is 4.88 Å². The Kier molecular flexibility index (Phi) is 5.46. The van der Waals surface area contributed by atoms with Crippen LogP contribution in [0.4, 0.5) is 5.95 Å². The third-order valence-electron chi connectivity index (χ3n) is 4.92. The number of ether oxygens (including phenoxy) is 1. The number of amides is 1. The average Bonchev–Trinajstić information content (AvgIpc) is 3.33. The fourth-order valence-electron chi connectivity index (χ4n) is 3.33. The maximum Gasteiger partial charge on any atom is 0.261 e. The molecule has 0 aliphatic carbocycles. The van der Waals surface area contributed by atoms with Gasteiger partial charge in [0.1, 0.15) is 16.1 Å². The molecule has 0 spiro atoms. The topological polar surface area (TPSA) is 59.4 Å². The molecule has 6 nitrogen and oxygen atoms in total. The highest BCUT2D eigenvalue weighted by atomic mass is 32.1. The molecule has 0 fully saturated rings. The van der Waals surface area contributed by atoms with Gasteiger partial charge in [0.15, 0.2) is 0 Å². The first-order chi connectivity index (χ1) is 14.5. The molecule has 0 bridgehead atoms. The number of imidazole rings is 1. The molecule has 0 saturated heterocycles. The summed E-state index contributed by atoms with van der Waals surface area (Å²) < 4.78 is 7.34. The number of anilines is 1. The summed E-state index contributed by atoms with van der Waals surface area (Å²) in [4.78, 5) is 21.2. The highest BCUT2D eigenvalue weighted by molar-refractivity contribution is 7.20. The summed E-state index contributed by atoms with van der Waals surface area (Å²) in [5.74, 6) is 1.51. The van der Waals surface area contributed by atoms with E-state index >= 15 is 0 Å². The Hall–Kier alpha value is -3.32. The largest absolute Gasteiger partial charge is 0.497 e. The molecule has 154 valence electrons. The van der Waals surface area contributed by atoms with Crippen LogP contribution in [0.5, 0.6) is 5.75 Å². The van der Waals surface area contributed by atoms with E-state index in [4.69, 9.17) is 9.72 Å². The first-order valence-electron chi connectivity index (χ1n) is 9.67. The SMILES string of the molecule is COc1ccc(-n2c(N(C)C)nc3cc(C(=O)NC(C)c4ccccc4)sc32)cc1. The third kappa shape index (κ3) is 3.76. The predicted octanol–water partition coefficient (Wildman–Crippen LogP) is 4.65. The normalized spacial score (nSPS) is 12.0. The molecule has 4 rings (SSSR count). The molecule has 0 aliphatic rings. The molecule has 2 heterocycles. The molecule has 1 atom stereocenters. The lowest BCUT2D eigenvalue weighted by Gasteiger charge is -2.15. The number of nitrogens with one attached hydrogen (secondary N) is 1. The molecule has 2 aromatic heterocycles. The molecule has 7 heteroatoms. The molecule has 1 amide bonds. The second-order valence-electron chi connectivity index (χ2n) is 7.25. The highest BCUT2D eigenvalue weighted by Gasteiger charge is 2.21.